The third-order valence-corrected chi connectivity index (χ3v) is 4.89. The summed E-state index contributed by atoms with van der Waals surface area (Å²) in [7, 11) is 0. The van der Waals surface area contributed by atoms with Gasteiger partial charge in [-0.1, -0.05) is 65.8 Å². The summed E-state index contributed by atoms with van der Waals surface area (Å²) in [4.78, 5) is 12.2. The summed E-state index contributed by atoms with van der Waals surface area (Å²) in [6.07, 6.45) is 0.486. The molecule has 1 aliphatic carbocycles. The number of Topliss-reactive ketones (excluding diaryl/α,β-unsaturated/α-hetero) is 1. The second kappa shape index (κ2) is 4.70. The first-order valence-corrected chi connectivity index (χ1v) is 7.59. The van der Waals surface area contributed by atoms with E-state index in [9.17, 15) is 10.1 Å². The normalized spacial score (nSPS) is 26.1. The Morgan fingerprint density at radius 2 is 1.62 bits per heavy atom. The SMILES string of the molecule is CC(C)(C)c1ccc([C@H]2CC(=O)[C@]2(C#N)C(C)(C)C)cc1. The van der Waals surface area contributed by atoms with Gasteiger partial charge in [0, 0.05) is 12.3 Å². The first-order valence-electron chi connectivity index (χ1n) is 7.59. The van der Waals surface area contributed by atoms with Crippen LogP contribution in [-0.4, -0.2) is 5.78 Å². The number of ketones is 1. The molecule has 0 aromatic heterocycles. The smallest absolute Gasteiger partial charge is 0.154 e. The molecule has 1 aromatic rings. The van der Waals surface area contributed by atoms with Gasteiger partial charge in [0.05, 0.1) is 6.07 Å². The number of nitrogens with zero attached hydrogens (tertiary/aromatic N) is 1. The summed E-state index contributed by atoms with van der Waals surface area (Å²) >= 11 is 0. The average Bonchev–Trinajstić information content (AvgIpc) is 2.34. The van der Waals surface area contributed by atoms with E-state index < -0.39 is 5.41 Å². The first kappa shape index (κ1) is 15.8. The van der Waals surface area contributed by atoms with Crippen LogP contribution in [0.4, 0.5) is 0 Å². The Morgan fingerprint density at radius 3 is 1.95 bits per heavy atom. The number of benzene rings is 1. The lowest BCUT2D eigenvalue weighted by Gasteiger charge is -2.51. The van der Waals surface area contributed by atoms with E-state index in [2.05, 4.69) is 51.1 Å². The van der Waals surface area contributed by atoms with E-state index in [-0.39, 0.29) is 22.5 Å². The van der Waals surface area contributed by atoms with Crippen molar-refractivity contribution in [3.8, 4) is 6.07 Å². The van der Waals surface area contributed by atoms with E-state index in [1.807, 2.05) is 20.8 Å². The zero-order chi connectivity index (χ0) is 16.1. The molecule has 0 saturated heterocycles. The van der Waals surface area contributed by atoms with E-state index in [4.69, 9.17) is 0 Å². The van der Waals surface area contributed by atoms with E-state index in [0.29, 0.717) is 6.42 Å². The van der Waals surface area contributed by atoms with Crippen LogP contribution < -0.4 is 0 Å². The molecule has 0 radical (unpaired) electrons. The number of nitriles is 1. The van der Waals surface area contributed by atoms with Crippen molar-refractivity contribution >= 4 is 5.78 Å². The fourth-order valence-corrected chi connectivity index (χ4v) is 3.39. The van der Waals surface area contributed by atoms with Gasteiger partial charge in [-0.25, -0.2) is 0 Å². The van der Waals surface area contributed by atoms with Crippen molar-refractivity contribution in [3.05, 3.63) is 35.4 Å². The fraction of sp³-hybridized carbons (Fsp3) is 0.579. The highest BCUT2D eigenvalue weighted by Gasteiger charge is 2.62. The maximum Gasteiger partial charge on any atom is 0.154 e. The van der Waals surface area contributed by atoms with E-state index >= 15 is 0 Å². The van der Waals surface area contributed by atoms with Gasteiger partial charge in [-0.15, -0.1) is 0 Å². The molecule has 0 bridgehead atoms. The number of rotatable bonds is 1. The van der Waals surface area contributed by atoms with Gasteiger partial charge in [0.15, 0.2) is 5.78 Å². The Bertz CT molecular complexity index is 592. The number of carbonyl (C=O) groups is 1. The molecule has 1 fully saturated rings. The quantitative estimate of drug-likeness (QED) is 0.756. The molecule has 0 unspecified atom stereocenters. The summed E-state index contributed by atoms with van der Waals surface area (Å²) in [6, 6.07) is 10.8. The molecular formula is C19H25NO. The molecule has 0 heterocycles. The monoisotopic (exact) mass is 283 g/mol. The number of hydrogen-bond acceptors (Lipinski definition) is 2. The second-order valence-electron chi connectivity index (χ2n) is 8.22. The summed E-state index contributed by atoms with van der Waals surface area (Å²) in [5.74, 6) is 0.103. The second-order valence-corrected chi connectivity index (χ2v) is 8.22. The molecule has 1 aromatic carbocycles. The zero-order valence-electron chi connectivity index (χ0n) is 13.9. The van der Waals surface area contributed by atoms with E-state index in [0.717, 1.165) is 5.56 Å². The van der Waals surface area contributed by atoms with Crippen LogP contribution in [0, 0.1) is 22.2 Å². The van der Waals surface area contributed by atoms with Crippen molar-refractivity contribution in [2.75, 3.05) is 0 Å². The molecule has 0 N–H and O–H groups in total. The Kier molecular flexibility index (Phi) is 3.53. The van der Waals surface area contributed by atoms with Crippen molar-refractivity contribution < 1.29 is 4.79 Å². The minimum atomic E-state index is -0.879. The maximum absolute atomic E-state index is 12.2. The summed E-state index contributed by atoms with van der Waals surface area (Å²) in [6.45, 7) is 12.5. The van der Waals surface area contributed by atoms with Crippen LogP contribution in [0.2, 0.25) is 0 Å². The standard InChI is InChI=1S/C19H25NO/c1-17(2,3)14-9-7-13(8-10-14)15-11-16(21)19(15,12-20)18(4,5)6/h7-10,15H,11H2,1-6H3/t15-,19-/m1/s1. The van der Waals surface area contributed by atoms with Crippen molar-refractivity contribution in [1.82, 2.24) is 0 Å². The first-order chi connectivity index (χ1) is 9.54. The Morgan fingerprint density at radius 1 is 1.10 bits per heavy atom. The third kappa shape index (κ3) is 2.29. The van der Waals surface area contributed by atoms with Crippen molar-refractivity contribution in [1.29, 1.82) is 5.26 Å². The van der Waals surface area contributed by atoms with Crippen LogP contribution in [0.3, 0.4) is 0 Å². The predicted octanol–water partition coefficient (Wildman–Crippen LogP) is 4.60. The third-order valence-electron chi connectivity index (χ3n) is 4.89. The van der Waals surface area contributed by atoms with Crippen LogP contribution in [0.1, 0.15) is 65.0 Å². The highest BCUT2D eigenvalue weighted by Crippen LogP contribution is 2.59. The average molecular weight is 283 g/mol. The minimum absolute atomic E-state index is 0.0176. The van der Waals surface area contributed by atoms with Gasteiger partial charge in [-0.2, -0.15) is 5.26 Å². The van der Waals surface area contributed by atoms with Gasteiger partial charge >= 0.3 is 0 Å². The molecule has 1 aliphatic rings. The van der Waals surface area contributed by atoms with Crippen LogP contribution in [0.25, 0.3) is 0 Å². The molecule has 2 rings (SSSR count). The highest BCUT2D eigenvalue weighted by molar-refractivity contribution is 5.97. The zero-order valence-corrected chi connectivity index (χ0v) is 13.9. The lowest BCUT2D eigenvalue weighted by atomic mass is 9.47. The largest absolute Gasteiger partial charge is 0.298 e. The Hall–Kier alpha value is -1.62. The van der Waals surface area contributed by atoms with Crippen molar-refractivity contribution in [3.63, 3.8) is 0 Å². The van der Waals surface area contributed by atoms with Crippen LogP contribution in [-0.2, 0) is 10.2 Å². The van der Waals surface area contributed by atoms with Gasteiger partial charge in [-0.05, 0) is 22.0 Å². The van der Waals surface area contributed by atoms with Crippen LogP contribution >= 0.6 is 0 Å². The van der Waals surface area contributed by atoms with Crippen molar-refractivity contribution in [2.24, 2.45) is 10.8 Å². The molecule has 0 aliphatic heterocycles. The maximum atomic E-state index is 12.2. The van der Waals surface area contributed by atoms with Gasteiger partial charge in [0.1, 0.15) is 5.41 Å². The lowest BCUT2D eigenvalue weighted by molar-refractivity contribution is -0.144. The molecule has 2 atom stereocenters. The molecule has 1 saturated carbocycles. The summed E-state index contributed by atoms with van der Waals surface area (Å²) in [5.41, 5.74) is 1.28. The van der Waals surface area contributed by atoms with Crippen LogP contribution in [0.15, 0.2) is 24.3 Å². The molecule has 0 amide bonds. The van der Waals surface area contributed by atoms with Gasteiger partial charge in [0.25, 0.3) is 0 Å². The highest BCUT2D eigenvalue weighted by atomic mass is 16.1. The summed E-state index contributed by atoms with van der Waals surface area (Å²) < 4.78 is 0. The molecule has 2 nitrogen and oxygen atoms in total. The fourth-order valence-electron chi connectivity index (χ4n) is 3.39. The lowest BCUT2D eigenvalue weighted by Crippen LogP contribution is -2.55. The summed E-state index contributed by atoms with van der Waals surface area (Å²) in [5, 5.41) is 9.69. The predicted molar refractivity (Wildman–Crippen MR) is 85.0 cm³/mol. The van der Waals surface area contributed by atoms with Gasteiger partial charge < -0.3 is 0 Å². The molecule has 0 spiro atoms. The van der Waals surface area contributed by atoms with Crippen LogP contribution in [0.5, 0.6) is 0 Å². The minimum Gasteiger partial charge on any atom is -0.298 e. The Balaban J connectivity index is 2.40. The van der Waals surface area contributed by atoms with Crippen molar-refractivity contribution in [2.45, 2.75) is 59.3 Å². The molecular weight excluding hydrogens is 258 g/mol. The van der Waals surface area contributed by atoms with E-state index in [1.54, 1.807) is 0 Å². The topological polar surface area (TPSA) is 40.9 Å². The molecule has 21 heavy (non-hydrogen) atoms. The van der Waals surface area contributed by atoms with Gasteiger partial charge in [0.2, 0.25) is 0 Å². The number of carbonyl (C=O) groups excluding carboxylic acids is 1. The molecule has 2 heteroatoms. The van der Waals surface area contributed by atoms with E-state index in [1.165, 1.54) is 5.56 Å². The Labute approximate surface area is 128 Å². The van der Waals surface area contributed by atoms with Gasteiger partial charge in [-0.3, -0.25) is 4.79 Å². The molecule has 112 valence electrons. The number of hydrogen-bond donors (Lipinski definition) is 0.